The lowest BCUT2D eigenvalue weighted by atomic mass is 9.89. The van der Waals surface area contributed by atoms with E-state index in [1.807, 2.05) is 30.3 Å². The number of carbonyl (C=O) groups is 1. The molecule has 0 radical (unpaired) electrons. The minimum atomic E-state index is -0.0159. The van der Waals surface area contributed by atoms with Gasteiger partial charge in [-0.25, -0.2) is 4.68 Å². The maximum atomic E-state index is 13.0. The van der Waals surface area contributed by atoms with E-state index in [9.17, 15) is 4.79 Å². The molecule has 0 atom stereocenters. The number of hydrogen-bond donors (Lipinski definition) is 0. The monoisotopic (exact) mass is 471 g/mol. The van der Waals surface area contributed by atoms with Gasteiger partial charge in [0.2, 0.25) is 5.89 Å². The van der Waals surface area contributed by atoms with Crippen LogP contribution in [-0.2, 0) is 6.67 Å². The number of Topliss-reactive ketones (excluding diaryl/α,β-unsaturated/α-hetero) is 1. The molecular formula is C23H22ClN3O4S. The van der Waals surface area contributed by atoms with Crippen molar-refractivity contribution in [2.75, 3.05) is 26.3 Å². The Labute approximate surface area is 195 Å². The Morgan fingerprint density at radius 3 is 2.62 bits per heavy atom. The van der Waals surface area contributed by atoms with E-state index in [4.69, 9.17) is 37.7 Å². The molecule has 0 amide bonds. The zero-order chi connectivity index (χ0) is 22.1. The van der Waals surface area contributed by atoms with Crippen LogP contribution in [-0.4, -0.2) is 46.8 Å². The van der Waals surface area contributed by atoms with Crippen LogP contribution in [0.1, 0.15) is 23.2 Å². The Balaban J connectivity index is 1.22. The third-order valence-corrected chi connectivity index (χ3v) is 6.45. The Morgan fingerprint density at radius 1 is 1.09 bits per heavy atom. The van der Waals surface area contributed by atoms with Gasteiger partial charge >= 0.3 is 0 Å². The summed E-state index contributed by atoms with van der Waals surface area (Å²) < 4.78 is 18.5. The number of piperidine rings is 1. The van der Waals surface area contributed by atoms with Gasteiger partial charge in [-0.05, 0) is 55.4 Å². The lowest BCUT2D eigenvalue weighted by Gasteiger charge is -2.30. The van der Waals surface area contributed by atoms with Gasteiger partial charge in [0.1, 0.15) is 13.2 Å². The molecule has 5 rings (SSSR count). The first-order valence-corrected chi connectivity index (χ1v) is 11.4. The zero-order valence-corrected chi connectivity index (χ0v) is 18.9. The largest absolute Gasteiger partial charge is 0.486 e. The summed E-state index contributed by atoms with van der Waals surface area (Å²) in [5.41, 5.74) is 1.39. The lowest BCUT2D eigenvalue weighted by Crippen LogP contribution is -2.37. The third-order valence-electron chi connectivity index (χ3n) is 5.83. The standard InChI is InChI=1S/C23H22ClN3O4S/c24-18-4-2-1-3-17(18)22-25-27(23(32)31-22)14-26-9-7-15(8-10-26)21(28)16-5-6-19-20(13-16)30-12-11-29-19/h1-6,13,15H,7-12,14H2. The van der Waals surface area contributed by atoms with Crippen molar-refractivity contribution < 1.29 is 18.7 Å². The van der Waals surface area contributed by atoms with Gasteiger partial charge in [0.15, 0.2) is 17.3 Å². The van der Waals surface area contributed by atoms with Crippen LogP contribution in [0.5, 0.6) is 11.5 Å². The molecule has 0 spiro atoms. The average Bonchev–Trinajstić information content (AvgIpc) is 3.19. The Morgan fingerprint density at radius 2 is 1.84 bits per heavy atom. The number of hydrogen-bond acceptors (Lipinski definition) is 7. The molecule has 2 aromatic carbocycles. The first kappa shape index (κ1) is 21.2. The number of ether oxygens (including phenoxy) is 2. The maximum absolute atomic E-state index is 13.0. The van der Waals surface area contributed by atoms with E-state index in [1.165, 1.54) is 0 Å². The molecule has 166 valence electrons. The fraction of sp³-hybridized carbons (Fsp3) is 0.348. The third kappa shape index (κ3) is 4.30. The van der Waals surface area contributed by atoms with E-state index in [0.717, 1.165) is 25.9 Å². The molecule has 7 nitrogen and oxygen atoms in total. The van der Waals surface area contributed by atoms with Crippen molar-refractivity contribution in [3.63, 3.8) is 0 Å². The van der Waals surface area contributed by atoms with Crippen LogP contribution >= 0.6 is 23.8 Å². The SMILES string of the molecule is O=C(c1ccc2c(c1)OCCO2)C1CCN(Cn2nc(-c3ccccc3Cl)oc2=S)CC1. The number of likely N-dealkylation sites (tertiary alicyclic amines) is 1. The quantitative estimate of drug-likeness (QED) is 0.389. The maximum Gasteiger partial charge on any atom is 0.288 e. The molecule has 0 aliphatic carbocycles. The van der Waals surface area contributed by atoms with E-state index in [0.29, 0.717) is 58.3 Å². The molecule has 2 aliphatic rings. The van der Waals surface area contributed by atoms with Crippen LogP contribution in [0, 0.1) is 10.8 Å². The number of halogens is 1. The number of nitrogens with zero attached hydrogens (tertiary/aromatic N) is 3. The highest BCUT2D eigenvalue weighted by Crippen LogP contribution is 2.33. The van der Waals surface area contributed by atoms with Gasteiger partial charge in [-0.3, -0.25) is 9.69 Å². The molecule has 0 unspecified atom stereocenters. The summed E-state index contributed by atoms with van der Waals surface area (Å²) in [5.74, 6) is 1.89. The van der Waals surface area contributed by atoms with Crippen LogP contribution in [0.3, 0.4) is 0 Å². The molecule has 0 bridgehead atoms. The first-order valence-electron chi connectivity index (χ1n) is 10.6. The van der Waals surface area contributed by atoms with E-state index < -0.39 is 0 Å². The number of fused-ring (bicyclic) bond motifs is 1. The van der Waals surface area contributed by atoms with Crippen molar-refractivity contribution in [1.82, 2.24) is 14.7 Å². The second kappa shape index (κ2) is 9.05. The van der Waals surface area contributed by atoms with Gasteiger partial charge in [-0.1, -0.05) is 23.7 Å². The van der Waals surface area contributed by atoms with Crippen molar-refractivity contribution in [2.24, 2.45) is 5.92 Å². The van der Waals surface area contributed by atoms with Crippen molar-refractivity contribution in [3.05, 3.63) is 57.9 Å². The first-order chi connectivity index (χ1) is 15.6. The van der Waals surface area contributed by atoms with Crippen LogP contribution in [0.2, 0.25) is 5.02 Å². The molecule has 3 heterocycles. The number of rotatable bonds is 5. The van der Waals surface area contributed by atoms with Crippen molar-refractivity contribution in [3.8, 4) is 23.0 Å². The molecule has 9 heteroatoms. The molecule has 32 heavy (non-hydrogen) atoms. The molecule has 1 aromatic heterocycles. The topological polar surface area (TPSA) is 69.7 Å². The second-order valence-electron chi connectivity index (χ2n) is 7.91. The Kier molecular flexibility index (Phi) is 5.99. The molecule has 0 saturated carbocycles. The second-order valence-corrected chi connectivity index (χ2v) is 8.67. The molecular weight excluding hydrogens is 450 g/mol. The highest BCUT2D eigenvalue weighted by Gasteiger charge is 2.27. The van der Waals surface area contributed by atoms with E-state index in [2.05, 4.69) is 10.00 Å². The van der Waals surface area contributed by atoms with Gasteiger partial charge in [0.25, 0.3) is 4.84 Å². The Bertz CT molecular complexity index is 1200. The summed E-state index contributed by atoms with van der Waals surface area (Å²) in [7, 11) is 0. The van der Waals surface area contributed by atoms with Crippen LogP contribution in [0.25, 0.3) is 11.5 Å². The Hall–Kier alpha value is -2.68. The minimum Gasteiger partial charge on any atom is -0.486 e. The number of ketones is 1. The molecule has 0 N–H and O–H groups in total. The summed E-state index contributed by atoms with van der Waals surface area (Å²) in [5, 5.41) is 5.07. The molecule has 3 aromatic rings. The van der Waals surface area contributed by atoms with E-state index >= 15 is 0 Å². The van der Waals surface area contributed by atoms with Crippen LogP contribution in [0.15, 0.2) is 46.9 Å². The highest BCUT2D eigenvalue weighted by atomic mass is 35.5. The van der Waals surface area contributed by atoms with Gasteiger partial charge in [0.05, 0.1) is 17.3 Å². The predicted octanol–water partition coefficient (Wildman–Crippen LogP) is 4.85. The number of carbonyl (C=O) groups excluding carboxylic acids is 1. The van der Waals surface area contributed by atoms with Gasteiger partial charge < -0.3 is 13.9 Å². The summed E-state index contributed by atoms with van der Waals surface area (Å²) >= 11 is 11.6. The summed E-state index contributed by atoms with van der Waals surface area (Å²) in [4.78, 5) is 15.5. The number of aromatic nitrogens is 2. The fourth-order valence-corrected chi connectivity index (χ4v) is 4.49. The summed E-state index contributed by atoms with van der Waals surface area (Å²) in [6, 6.07) is 12.8. The highest BCUT2D eigenvalue weighted by molar-refractivity contribution is 7.71. The predicted molar refractivity (Wildman–Crippen MR) is 122 cm³/mol. The summed E-state index contributed by atoms with van der Waals surface area (Å²) in [6.07, 6.45) is 1.55. The van der Waals surface area contributed by atoms with E-state index in [1.54, 1.807) is 16.8 Å². The molecule has 2 aliphatic heterocycles. The van der Waals surface area contributed by atoms with Gasteiger partial charge in [-0.15, -0.1) is 5.10 Å². The van der Waals surface area contributed by atoms with Crippen molar-refractivity contribution in [1.29, 1.82) is 0 Å². The van der Waals surface area contributed by atoms with Crippen LogP contribution in [0.4, 0.5) is 0 Å². The smallest absolute Gasteiger partial charge is 0.288 e. The van der Waals surface area contributed by atoms with Crippen molar-refractivity contribution >= 4 is 29.6 Å². The van der Waals surface area contributed by atoms with E-state index in [-0.39, 0.29) is 11.7 Å². The lowest BCUT2D eigenvalue weighted by molar-refractivity contribution is 0.0801. The normalized spacial score (nSPS) is 16.8. The average molecular weight is 472 g/mol. The summed E-state index contributed by atoms with van der Waals surface area (Å²) in [6.45, 7) is 3.10. The van der Waals surface area contributed by atoms with Gasteiger partial charge in [0, 0.05) is 24.6 Å². The molecule has 1 saturated heterocycles. The minimum absolute atomic E-state index is 0.0159. The number of benzene rings is 2. The van der Waals surface area contributed by atoms with Gasteiger partial charge in [-0.2, -0.15) is 0 Å². The fourth-order valence-electron chi connectivity index (χ4n) is 4.10. The molecule has 1 fully saturated rings. The van der Waals surface area contributed by atoms with Crippen LogP contribution < -0.4 is 9.47 Å². The van der Waals surface area contributed by atoms with Crippen molar-refractivity contribution in [2.45, 2.75) is 19.5 Å². The zero-order valence-electron chi connectivity index (χ0n) is 17.3.